The number of hydrogen-bond acceptors (Lipinski definition) is 8. The van der Waals surface area contributed by atoms with Crippen molar-refractivity contribution in [2.24, 2.45) is 0 Å². The maximum atomic E-state index is 12.1. The lowest BCUT2D eigenvalue weighted by molar-refractivity contribution is -0.184. The van der Waals surface area contributed by atoms with Crippen molar-refractivity contribution in [2.75, 3.05) is 19.4 Å². The molecule has 2 saturated heterocycles. The van der Waals surface area contributed by atoms with Crippen molar-refractivity contribution in [3.8, 4) is 0 Å². The number of aliphatic hydroxyl groups is 1. The van der Waals surface area contributed by atoms with Crippen LogP contribution < -0.4 is 11.1 Å². The molecule has 2 fully saturated rings. The van der Waals surface area contributed by atoms with Crippen LogP contribution in [-0.2, 0) is 14.3 Å². The smallest absolute Gasteiger partial charge is 0.257 e. The Morgan fingerprint density at radius 2 is 2.36 bits per heavy atom. The topological polar surface area (TPSA) is 137 Å². The van der Waals surface area contributed by atoms with Gasteiger partial charge in [-0.25, -0.2) is 15.0 Å². The Morgan fingerprint density at radius 3 is 3.14 bits per heavy atom. The number of ether oxygens (including phenoxy) is 2. The molecule has 2 bridgehead atoms. The number of hydrogen-bond donors (Lipinski definition) is 3. The fraction of sp³-hybridized carbons (Fsp3) is 0.500. The second-order valence-electron chi connectivity index (χ2n) is 5.28. The Labute approximate surface area is 124 Å². The molecule has 2 aliphatic rings. The number of carbonyl (C=O) groups is 1. The zero-order valence-electron chi connectivity index (χ0n) is 11.6. The summed E-state index contributed by atoms with van der Waals surface area (Å²) in [6.45, 7) is -0.00123. The van der Waals surface area contributed by atoms with Crippen LogP contribution in [0.5, 0.6) is 0 Å². The quantitative estimate of drug-likeness (QED) is 0.590. The van der Waals surface area contributed by atoms with Crippen LogP contribution in [0.15, 0.2) is 12.7 Å². The largest absolute Gasteiger partial charge is 0.387 e. The van der Waals surface area contributed by atoms with E-state index in [9.17, 15) is 9.90 Å². The molecule has 4 atom stereocenters. The second-order valence-corrected chi connectivity index (χ2v) is 5.28. The molecule has 0 radical (unpaired) electrons. The Hall–Kier alpha value is -2.30. The third-order valence-electron chi connectivity index (χ3n) is 4.16. The number of aliphatic hydroxyl groups excluding tert-OH is 1. The monoisotopic (exact) mass is 306 g/mol. The maximum Gasteiger partial charge on any atom is 0.257 e. The van der Waals surface area contributed by atoms with Crippen LogP contribution in [0, 0.1) is 0 Å². The zero-order valence-corrected chi connectivity index (χ0v) is 11.6. The van der Waals surface area contributed by atoms with Gasteiger partial charge in [-0.15, -0.1) is 0 Å². The number of rotatable bonds is 2. The van der Waals surface area contributed by atoms with Crippen LogP contribution in [0.1, 0.15) is 6.23 Å². The number of carbonyl (C=O) groups excluding carboxylic acids is 1. The van der Waals surface area contributed by atoms with Crippen LogP contribution in [0.4, 0.5) is 5.82 Å². The van der Waals surface area contributed by atoms with Gasteiger partial charge in [0, 0.05) is 7.05 Å². The van der Waals surface area contributed by atoms with E-state index in [1.165, 1.54) is 19.7 Å². The summed E-state index contributed by atoms with van der Waals surface area (Å²) in [6, 6.07) is 0. The molecule has 116 valence electrons. The molecule has 0 saturated carbocycles. The standard InChI is InChI=1S/C12H14N6O4/c1-14-11(20)12-2-21-6(7(12)19)10(22-12)18-4-17-5-8(13)15-3-16-9(5)18/h3-4,6-7,10,19H,2H2,1H3,(H,14,20)(H2,13,15,16)/t6-,7+,10-,12+/m1/s1. The molecule has 2 aromatic rings. The average molecular weight is 306 g/mol. The van der Waals surface area contributed by atoms with E-state index in [0.29, 0.717) is 11.2 Å². The summed E-state index contributed by atoms with van der Waals surface area (Å²) in [5.41, 5.74) is 5.22. The lowest BCUT2D eigenvalue weighted by Gasteiger charge is -2.29. The minimum atomic E-state index is -1.42. The van der Waals surface area contributed by atoms with Gasteiger partial charge in [-0.05, 0) is 0 Å². The van der Waals surface area contributed by atoms with Gasteiger partial charge < -0.3 is 25.6 Å². The van der Waals surface area contributed by atoms with Crippen molar-refractivity contribution in [1.29, 1.82) is 0 Å². The van der Waals surface area contributed by atoms with Gasteiger partial charge in [0.15, 0.2) is 17.7 Å². The first kappa shape index (κ1) is 13.4. The number of amides is 1. The van der Waals surface area contributed by atoms with Crippen molar-refractivity contribution >= 4 is 22.9 Å². The fourth-order valence-electron chi connectivity index (χ4n) is 3.02. The lowest BCUT2D eigenvalue weighted by atomic mass is 9.98. The molecule has 1 amide bonds. The van der Waals surface area contributed by atoms with Crippen molar-refractivity contribution in [3.05, 3.63) is 12.7 Å². The molecule has 0 aromatic carbocycles. The Kier molecular flexibility index (Phi) is 2.64. The number of imidazole rings is 1. The van der Waals surface area contributed by atoms with Gasteiger partial charge in [-0.3, -0.25) is 9.36 Å². The molecule has 2 aliphatic heterocycles. The van der Waals surface area contributed by atoms with Gasteiger partial charge in [0.2, 0.25) is 5.60 Å². The molecule has 2 aromatic heterocycles. The number of aromatic nitrogens is 4. The highest BCUT2D eigenvalue weighted by Crippen LogP contribution is 2.45. The van der Waals surface area contributed by atoms with Crippen LogP contribution in [0.25, 0.3) is 11.2 Å². The van der Waals surface area contributed by atoms with Gasteiger partial charge in [0.05, 0.1) is 12.9 Å². The number of nitrogen functional groups attached to an aromatic ring is 1. The number of nitrogens with one attached hydrogen (secondary N) is 1. The number of nitrogens with two attached hydrogens (primary N) is 1. The van der Waals surface area contributed by atoms with E-state index in [4.69, 9.17) is 15.2 Å². The molecule has 4 heterocycles. The van der Waals surface area contributed by atoms with Crippen LogP contribution in [0.2, 0.25) is 0 Å². The van der Waals surface area contributed by atoms with Gasteiger partial charge in [0.25, 0.3) is 5.91 Å². The number of nitrogens with zero attached hydrogens (tertiary/aromatic N) is 4. The maximum absolute atomic E-state index is 12.1. The Morgan fingerprint density at radius 1 is 1.55 bits per heavy atom. The van der Waals surface area contributed by atoms with Crippen LogP contribution in [-0.4, -0.2) is 62.0 Å². The molecule has 22 heavy (non-hydrogen) atoms. The van der Waals surface area contributed by atoms with E-state index in [-0.39, 0.29) is 12.4 Å². The summed E-state index contributed by atoms with van der Waals surface area (Å²) in [5.74, 6) is -0.182. The van der Waals surface area contributed by atoms with E-state index < -0.39 is 29.9 Å². The lowest BCUT2D eigenvalue weighted by Crippen LogP contribution is -2.53. The van der Waals surface area contributed by atoms with E-state index >= 15 is 0 Å². The molecular weight excluding hydrogens is 292 g/mol. The third-order valence-corrected chi connectivity index (χ3v) is 4.16. The first-order valence-corrected chi connectivity index (χ1v) is 6.71. The minimum Gasteiger partial charge on any atom is -0.387 e. The number of anilines is 1. The first-order valence-electron chi connectivity index (χ1n) is 6.71. The predicted molar refractivity (Wildman–Crippen MR) is 72.4 cm³/mol. The summed E-state index contributed by atoms with van der Waals surface area (Å²) >= 11 is 0. The third kappa shape index (κ3) is 1.48. The summed E-state index contributed by atoms with van der Waals surface area (Å²) in [7, 11) is 1.48. The molecule has 4 rings (SSSR count). The fourth-order valence-corrected chi connectivity index (χ4v) is 3.02. The number of likely N-dealkylation sites (N-methyl/N-ethyl adjacent to an activating group) is 1. The highest BCUT2D eigenvalue weighted by molar-refractivity contribution is 5.87. The SMILES string of the molecule is CNC(=O)[C@@]12CO[C@@H]([C@H](n3cnc4c(N)ncnc43)O1)[C@@H]2O. The molecule has 0 unspecified atom stereocenters. The Balaban J connectivity index is 1.78. The molecule has 10 nitrogen and oxygen atoms in total. The van der Waals surface area contributed by atoms with E-state index in [1.807, 2.05) is 0 Å². The highest BCUT2D eigenvalue weighted by Gasteiger charge is 2.65. The average Bonchev–Trinajstić information content (AvgIpc) is 3.18. The second kappa shape index (κ2) is 4.35. The summed E-state index contributed by atoms with van der Waals surface area (Å²) in [5, 5.41) is 12.9. The van der Waals surface area contributed by atoms with Gasteiger partial charge in [-0.1, -0.05) is 0 Å². The zero-order chi connectivity index (χ0) is 15.5. The summed E-state index contributed by atoms with van der Waals surface area (Å²) in [4.78, 5) is 24.2. The van der Waals surface area contributed by atoms with E-state index in [0.717, 1.165) is 0 Å². The van der Waals surface area contributed by atoms with E-state index in [1.54, 1.807) is 4.57 Å². The van der Waals surface area contributed by atoms with Crippen molar-refractivity contribution in [3.63, 3.8) is 0 Å². The highest BCUT2D eigenvalue weighted by atomic mass is 16.6. The molecule has 0 spiro atoms. The van der Waals surface area contributed by atoms with Crippen LogP contribution in [0.3, 0.4) is 0 Å². The van der Waals surface area contributed by atoms with Crippen molar-refractivity contribution in [1.82, 2.24) is 24.8 Å². The van der Waals surface area contributed by atoms with Gasteiger partial charge in [0.1, 0.15) is 24.1 Å². The minimum absolute atomic E-state index is 0.00123. The van der Waals surface area contributed by atoms with Crippen LogP contribution >= 0.6 is 0 Å². The molecule has 10 heteroatoms. The van der Waals surface area contributed by atoms with Gasteiger partial charge >= 0.3 is 0 Å². The summed E-state index contributed by atoms with van der Waals surface area (Å²) in [6.07, 6.45) is 0.309. The first-order chi connectivity index (χ1) is 10.6. The summed E-state index contributed by atoms with van der Waals surface area (Å²) < 4.78 is 13.0. The Bertz CT molecular complexity index is 763. The van der Waals surface area contributed by atoms with Gasteiger partial charge in [-0.2, -0.15) is 0 Å². The van der Waals surface area contributed by atoms with Crippen molar-refractivity contribution in [2.45, 2.75) is 24.0 Å². The predicted octanol–water partition coefficient (Wildman–Crippen LogP) is -1.82. The van der Waals surface area contributed by atoms with Crippen molar-refractivity contribution < 1.29 is 19.4 Å². The molecule has 0 aliphatic carbocycles. The molecule has 4 N–H and O–H groups in total. The normalized spacial score (nSPS) is 33.5. The van der Waals surface area contributed by atoms with E-state index in [2.05, 4.69) is 20.3 Å². The molecular formula is C12H14N6O4. The number of fused-ring (bicyclic) bond motifs is 3.